The number of carbonyl (C=O) groups excluding carboxylic acids is 1. The van der Waals surface area contributed by atoms with E-state index in [1.807, 2.05) is 0 Å². The fraction of sp³-hybridized carbons (Fsp3) is 0.222. The summed E-state index contributed by atoms with van der Waals surface area (Å²) in [5, 5.41) is 0. The first-order valence-corrected chi connectivity index (χ1v) is 4.87. The second-order valence-electron chi connectivity index (χ2n) is 2.52. The molecule has 0 spiro atoms. The van der Waals surface area contributed by atoms with Crippen LogP contribution in [0, 0.1) is 0 Å². The first-order chi connectivity index (χ1) is 6.52. The fourth-order valence-electron chi connectivity index (χ4n) is 0.558. The molecule has 0 aliphatic carbocycles. The average Bonchev–Trinajstić information content (AvgIpc) is 2.03. The number of hydrogen-bond acceptors (Lipinski definition) is 3. The summed E-state index contributed by atoms with van der Waals surface area (Å²) in [5.74, 6) is 0.559. The van der Waals surface area contributed by atoms with Gasteiger partial charge in [0.05, 0.1) is 0 Å². The van der Waals surface area contributed by atoms with Crippen molar-refractivity contribution < 1.29 is 70.6 Å². The monoisotopic (exact) mass is 256 g/mol. The smallest absolute Gasteiger partial charge is 1.00 e. The van der Waals surface area contributed by atoms with Crippen LogP contribution in [-0.2, 0) is 16.2 Å². The van der Waals surface area contributed by atoms with Gasteiger partial charge in [0.2, 0.25) is 0 Å². The van der Waals surface area contributed by atoms with Gasteiger partial charge in [-0.2, -0.15) is 4.21 Å². The molecule has 1 N–H and O–H groups in total. The van der Waals surface area contributed by atoms with Crippen molar-refractivity contribution in [2.24, 2.45) is 0 Å². The molecule has 0 amide bonds. The minimum Gasteiger partial charge on any atom is -1.00 e. The minimum atomic E-state index is -2.22. The topological polar surface area (TPSA) is 63.6 Å². The summed E-state index contributed by atoms with van der Waals surface area (Å²) >= 11 is -2.22. The second-order valence-corrected chi connectivity index (χ2v) is 3.12. The fourth-order valence-corrected chi connectivity index (χ4v) is 0.834. The van der Waals surface area contributed by atoms with Crippen molar-refractivity contribution in [1.29, 1.82) is 0 Å². The molecule has 4 nitrogen and oxygen atoms in total. The van der Waals surface area contributed by atoms with E-state index in [9.17, 15) is 9.00 Å². The standard InChI is InChI=1S/C6H6O3S.C3H6O.K.H/c7-10(8)9-6-4-2-1-3-5-6;1-3(2)4;;/h1-5H,(H,7,8);1-2H3;;/q;;+1;-1. The molecule has 0 heterocycles. The molecule has 0 aromatic heterocycles. The molecule has 6 heteroatoms. The van der Waals surface area contributed by atoms with Crippen molar-refractivity contribution in [3.63, 3.8) is 0 Å². The molecule has 1 aromatic carbocycles. The van der Waals surface area contributed by atoms with E-state index in [0.717, 1.165) is 0 Å². The van der Waals surface area contributed by atoms with E-state index in [0.29, 0.717) is 5.75 Å². The van der Waals surface area contributed by atoms with Gasteiger partial charge in [0.25, 0.3) is 0 Å². The molecule has 0 aliphatic rings. The Morgan fingerprint density at radius 2 is 1.73 bits per heavy atom. The molecule has 1 rings (SSSR count). The van der Waals surface area contributed by atoms with Gasteiger partial charge in [-0.15, -0.1) is 0 Å². The van der Waals surface area contributed by atoms with Crippen LogP contribution < -0.4 is 55.6 Å². The van der Waals surface area contributed by atoms with Crippen LogP contribution in [0.15, 0.2) is 30.3 Å². The van der Waals surface area contributed by atoms with Gasteiger partial charge in [-0.25, -0.2) is 0 Å². The Morgan fingerprint density at radius 3 is 2.07 bits per heavy atom. The number of ketones is 1. The van der Waals surface area contributed by atoms with Crippen LogP contribution in [0.25, 0.3) is 0 Å². The van der Waals surface area contributed by atoms with Crippen molar-refractivity contribution in [3.8, 4) is 5.75 Å². The van der Waals surface area contributed by atoms with E-state index >= 15 is 0 Å². The summed E-state index contributed by atoms with van der Waals surface area (Å²) in [6.07, 6.45) is 0. The number of hydrogen-bond donors (Lipinski definition) is 1. The maximum Gasteiger partial charge on any atom is 1.00 e. The molecule has 15 heavy (non-hydrogen) atoms. The molecule has 0 bridgehead atoms. The molecule has 0 aliphatic heterocycles. The number of rotatable bonds is 2. The molecule has 0 fully saturated rings. The van der Waals surface area contributed by atoms with Crippen LogP contribution in [-0.4, -0.2) is 14.5 Å². The van der Waals surface area contributed by atoms with Gasteiger partial charge in [-0.05, 0) is 26.0 Å². The van der Waals surface area contributed by atoms with E-state index in [2.05, 4.69) is 4.18 Å². The number of Topliss-reactive ketones (excluding diaryl/α,β-unsaturated/α-hetero) is 1. The summed E-state index contributed by atoms with van der Waals surface area (Å²) in [5.41, 5.74) is 0. The Kier molecular flexibility index (Phi) is 13.0. The second kappa shape index (κ2) is 10.9. The third-order valence-electron chi connectivity index (χ3n) is 0.911. The summed E-state index contributed by atoms with van der Waals surface area (Å²) in [7, 11) is 0. The van der Waals surface area contributed by atoms with E-state index in [-0.39, 0.29) is 58.6 Å². The Hall–Kier alpha value is 0.436. The molecule has 80 valence electrons. The zero-order chi connectivity index (χ0) is 11.0. The first-order valence-electron chi connectivity index (χ1n) is 3.83. The maximum absolute atomic E-state index is 10.1. The van der Waals surface area contributed by atoms with Crippen LogP contribution in [0.2, 0.25) is 0 Å². The van der Waals surface area contributed by atoms with E-state index in [1.165, 1.54) is 13.8 Å². The summed E-state index contributed by atoms with van der Waals surface area (Å²) in [6.45, 7) is 3.06. The SMILES string of the molecule is CC(C)=O.O=S(O)Oc1ccccc1.[H-].[K+]. The number of carbonyl (C=O) groups is 1. The van der Waals surface area contributed by atoms with Gasteiger partial charge in [0.15, 0.2) is 0 Å². The van der Waals surface area contributed by atoms with Crippen LogP contribution in [0.1, 0.15) is 15.3 Å². The van der Waals surface area contributed by atoms with Gasteiger partial charge in [0.1, 0.15) is 11.5 Å². The Bertz CT molecular complexity index is 304. The predicted octanol–water partition coefficient (Wildman–Crippen LogP) is -1.09. The quantitative estimate of drug-likeness (QED) is 0.540. The maximum atomic E-state index is 10.1. The predicted molar refractivity (Wildman–Crippen MR) is 55.3 cm³/mol. The summed E-state index contributed by atoms with van der Waals surface area (Å²) in [6, 6.07) is 8.46. The van der Waals surface area contributed by atoms with Gasteiger partial charge in [0, 0.05) is 0 Å². The van der Waals surface area contributed by atoms with Gasteiger partial charge >= 0.3 is 62.7 Å². The van der Waals surface area contributed by atoms with Crippen LogP contribution in [0.5, 0.6) is 5.75 Å². The Balaban J connectivity index is -0.000000249. The van der Waals surface area contributed by atoms with E-state index < -0.39 is 11.4 Å². The van der Waals surface area contributed by atoms with Crippen molar-refractivity contribution in [2.75, 3.05) is 0 Å². The van der Waals surface area contributed by atoms with Crippen LogP contribution >= 0.6 is 0 Å². The van der Waals surface area contributed by atoms with Crippen molar-refractivity contribution in [3.05, 3.63) is 30.3 Å². The zero-order valence-corrected chi connectivity index (χ0v) is 12.9. The third-order valence-corrected chi connectivity index (χ3v) is 1.25. The Morgan fingerprint density at radius 1 is 1.33 bits per heavy atom. The van der Waals surface area contributed by atoms with Gasteiger partial charge in [-0.1, -0.05) is 18.2 Å². The number of benzene rings is 1. The van der Waals surface area contributed by atoms with Crippen molar-refractivity contribution >= 4 is 17.1 Å². The van der Waals surface area contributed by atoms with E-state index in [1.54, 1.807) is 30.3 Å². The van der Waals surface area contributed by atoms with E-state index in [4.69, 9.17) is 4.55 Å². The van der Waals surface area contributed by atoms with Crippen molar-refractivity contribution in [1.82, 2.24) is 0 Å². The molecule has 0 saturated carbocycles. The Labute approximate surface area is 136 Å². The third kappa shape index (κ3) is 14.4. The molecule has 1 unspecified atom stereocenters. The van der Waals surface area contributed by atoms with Crippen LogP contribution in [0.4, 0.5) is 0 Å². The first kappa shape index (κ1) is 17.8. The van der Waals surface area contributed by atoms with Gasteiger partial charge < -0.3 is 10.4 Å². The molecular weight excluding hydrogens is 243 g/mol. The number of para-hydroxylation sites is 1. The largest absolute Gasteiger partial charge is 1.00 e. The van der Waals surface area contributed by atoms with Crippen LogP contribution in [0.3, 0.4) is 0 Å². The minimum absolute atomic E-state index is 0. The average molecular weight is 256 g/mol. The molecule has 1 aromatic rings. The molecule has 0 radical (unpaired) electrons. The molecular formula is C9H13KO4S. The molecule has 0 saturated heterocycles. The normalized spacial score (nSPS) is 10.1. The van der Waals surface area contributed by atoms with Crippen molar-refractivity contribution in [2.45, 2.75) is 13.8 Å². The summed E-state index contributed by atoms with van der Waals surface area (Å²) < 4.78 is 22.8. The molecule has 1 atom stereocenters. The zero-order valence-electron chi connectivity index (χ0n) is 9.97. The van der Waals surface area contributed by atoms with Gasteiger partial charge in [-0.3, -0.25) is 4.55 Å². The summed E-state index contributed by atoms with van der Waals surface area (Å²) in [4.78, 5) is 9.44.